The molecular weight excluding hydrogens is 118 g/mol. The van der Waals surface area contributed by atoms with Crippen LogP contribution in [0.2, 0.25) is 0 Å². The molecule has 0 bridgehead atoms. The van der Waals surface area contributed by atoms with Gasteiger partial charge >= 0.3 is 5.25 Å². The van der Waals surface area contributed by atoms with Crippen molar-refractivity contribution in [3.8, 4) is 0 Å². The van der Waals surface area contributed by atoms with Crippen molar-refractivity contribution in [3.05, 3.63) is 12.2 Å². The maximum atomic E-state index is 11.5. The molecule has 3 heteroatoms. The van der Waals surface area contributed by atoms with E-state index >= 15 is 0 Å². The van der Waals surface area contributed by atoms with Crippen LogP contribution in [0.25, 0.3) is 0 Å². The molecule has 0 spiro atoms. The van der Waals surface area contributed by atoms with E-state index < -0.39 is 5.25 Å². The van der Waals surface area contributed by atoms with Crippen LogP contribution in [-0.2, 0) is 0 Å². The molecule has 42 valence electrons. The van der Waals surface area contributed by atoms with Gasteiger partial charge in [-0.3, -0.25) is 0 Å². The van der Waals surface area contributed by atoms with Gasteiger partial charge in [-0.15, -0.1) is 12.6 Å². The van der Waals surface area contributed by atoms with Crippen LogP contribution in [0.4, 0.5) is 8.78 Å². The first-order valence-electron chi connectivity index (χ1n) is 1.80. The molecular formula is C4H6F2S. The summed E-state index contributed by atoms with van der Waals surface area (Å²) in [5, 5.41) is -2.94. The molecule has 0 aliphatic heterocycles. The van der Waals surface area contributed by atoms with Crippen molar-refractivity contribution < 1.29 is 8.78 Å². The molecule has 0 nitrogen and oxygen atoms in total. The Labute approximate surface area is 46.6 Å². The Balaban J connectivity index is 3.56. The first-order valence-corrected chi connectivity index (χ1v) is 2.25. The molecule has 0 saturated heterocycles. The molecule has 0 unspecified atom stereocenters. The van der Waals surface area contributed by atoms with E-state index in [4.69, 9.17) is 0 Å². The van der Waals surface area contributed by atoms with Gasteiger partial charge in [0.1, 0.15) is 0 Å². The summed E-state index contributed by atoms with van der Waals surface area (Å²) in [6.45, 7) is 1.52. The van der Waals surface area contributed by atoms with Crippen molar-refractivity contribution in [3.63, 3.8) is 0 Å². The Morgan fingerprint density at radius 3 is 2.00 bits per heavy atom. The van der Waals surface area contributed by atoms with Gasteiger partial charge in [-0.05, 0) is 13.0 Å². The van der Waals surface area contributed by atoms with Crippen LogP contribution >= 0.6 is 12.6 Å². The van der Waals surface area contributed by atoms with Gasteiger partial charge in [0.15, 0.2) is 0 Å². The van der Waals surface area contributed by atoms with E-state index in [0.717, 1.165) is 6.08 Å². The summed E-state index contributed by atoms with van der Waals surface area (Å²) >= 11 is 2.91. The van der Waals surface area contributed by atoms with Gasteiger partial charge in [-0.25, -0.2) is 0 Å². The monoisotopic (exact) mass is 124 g/mol. The Kier molecular flexibility index (Phi) is 2.29. The molecule has 7 heavy (non-hydrogen) atoms. The van der Waals surface area contributed by atoms with E-state index in [1.165, 1.54) is 13.0 Å². The second-order valence-corrected chi connectivity index (χ2v) is 1.68. The van der Waals surface area contributed by atoms with Crippen molar-refractivity contribution in [2.24, 2.45) is 0 Å². The lowest BCUT2D eigenvalue weighted by Crippen LogP contribution is -1.97. The number of halogens is 2. The number of allylic oxidation sites excluding steroid dienone is 1. The second kappa shape index (κ2) is 2.31. The Bertz CT molecular complexity index is 72.2. The molecule has 0 atom stereocenters. The van der Waals surface area contributed by atoms with Crippen molar-refractivity contribution in [1.82, 2.24) is 0 Å². The summed E-state index contributed by atoms with van der Waals surface area (Å²) in [7, 11) is 0. The Morgan fingerprint density at radius 1 is 1.57 bits per heavy atom. The first-order chi connectivity index (χ1) is 3.06. The topological polar surface area (TPSA) is 0 Å². The highest BCUT2D eigenvalue weighted by Crippen LogP contribution is 2.18. The van der Waals surface area contributed by atoms with E-state index in [1.54, 1.807) is 0 Å². The molecule has 0 rings (SSSR count). The highest BCUT2D eigenvalue weighted by Gasteiger charge is 2.15. The van der Waals surface area contributed by atoms with Crippen LogP contribution in [0.15, 0.2) is 12.2 Å². The second-order valence-electron chi connectivity index (χ2n) is 1.09. The van der Waals surface area contributed by atoms with Crippen LogP contribution in [0, 0.1) is 0 Å². The van der Waals surface area contributed by atoms with Crippen LogP contribution in [-0.4, -0.2) is 5.25 Å². The zero-order chi connectivity index (χ0) is 5.91. The van der Waals surface area contributed by atoms with E-state index in [-0.39, 0.29) is 0 Å². The molecule has 0 aliphatic rings. The molecule has 0 saturated carbocycles. The summed E-state index contributed by atoms with van der Waals surface area (Å²) < 4.78 is 23.0. The standard InChI is InChI=1S/C4H6F2S/c1-2-3-4(5,6)7/h2-3,7H,1H3. The predicted octanol–water partition coefficient (Wildman–Crippen LogP) is 2.09. The largest absolute Gasteiger partial charge is 0.309 e. The minimum atomic E-state index is -2.94. The fraction of sp³-hybridized carbons (Fsp3) is 0.500. The van der Waals surface area contributed by atoms with Gasteiger partial charge in [-0.1, -0.05) is 6.08 Å². The van der Waals surface area contributed by atoms with Gasteiger partial charge in [0.2, 0.25) is 0 Å². The Hall–Kier alpha value is -0.0500. The van der Waals surface area contributed by atoms with Gasteiger partial charge in [0.25, 0.3) is 0 Å². The highest BCUT2D eigenvalue weighted by atomic mass is 32.1. The summed E-state index contributed by atoms with van der Waals surface area (Å²) in [4.78, 5) is 0. The molecule has 0 radical (unpaired) electrons. The Morgan fingerprint density at radius 2 is 2.00 bits per heavy atom. The first kappa shape index (κ1) is 6.95. The summed E-state index contributed by atoms with van der Waals surface area (Å²) in [6.07, 6.45) is 1.98. The fourth-order valence-corrected chi connectivity index (χ4v) is 0.350. The summed E-state index contributed by atoms with van der Waals surface area (Å²) in [5.74, 6) is 0. The molecule has 0 fully saturated rings. The third kappa shape index (κ3) is 5.95. The normalized spacial score (nSPS) is 13.1. The van der Waals surface area contributed by atoms with E-state index in [2.05, 4.69) is 12.6 Å². The van der Waals surface area contributed by atoms with Gasteiger partial charge in [0, 0.05) is 0 Å². The molecule has 0 N–H and O–H groups in total. The molecule has 0 aromatic heterocycles. The number of thiol groups is 1. The van der Waals surface area contributed by atoms with Gasteiger partial charge in [-0.2, -0.15) is 8.78 Å². The third-order valence-corrected chi connectivity index (χ3v) is 0.516. The molecule has 0 heterocycles. The number of alkyl halides is 2. The van der Waals surface area contributed by atoms with Crippen LogP contribution in [0.1, 0.15) is 6.92 Å². The van der Waals surface area contributed by atoms with E-state index in [9.17, 15) is 8.78 Å². The number of rotatable bonds is 1. The van der Waals surface area contributed by atoms with Crippen molar-refractivity contribution in [1.29, 1.82) is 0 Å². The van der Waals surface area contributed by atoms with E-state index in [1.807, 2.05) is 0 Å². The van der Waals surface area contributed by atoms with Gasteiger partial charge < -0.3 is 0 Å². The van der Waals surface area contributed by atoms with Crippen LogP contribution in [0.5, 0.6) is 0 Å². The van der Waals surface area contributed by atoms with Crippen molar-refractivity contribution in [2.45, 2.75) is 12.2 Å². The number of hydrogen-bond donors (Lipinski definition) is 1. The average Bonchev–Trinajstić information content (AvgIpc) is 1.30. The lowest BCUT2D eigenvalue weighted by molar-refractivity contribution is 0.165. The highest BCUT2D eigenvalue weighted by molar-refractivity contribution is 7.81. The van der Waals surface area contributed by atoms with Crippen LogP contribution < -0.4 is 0 Å². The smallest absolute Gasteiger partial charge is 0.190 e. The molecule has 0 aliphatic carbocycles. The lowest BCUT2D eigenvalue weighted by Gasteiger charge is -1.97. The van der Waals surface area contributed by atoms with Crippen molar-refractivity contribution in [2.75, 3.05) is 0 Å². The van der Waals surface area contributed by atoms with E-state index in [0.29, 0.717) is 0 Å². The molecule has 0 aromatic carbocycles. The SMILES string of the molecule is CC=CC(F)(F)S. The molecule has 0 aromatic rings. The maximum absolute atomic E-state index is 11.5. The summed E-state index contributed by atoms with van der Waals surface area (Å²) in [5.41, 5.74) is 0. The average molecular weight is 124 g/mol. The third-order valence-electron chi connectivity index (χ3n) is 0.367. The lowest BCUT2D eigenvalue weighted by atomic mass is 10.5. The van der Waals surface area contributed by atoms with Gasteiger partial charge in [0.05, 0.1) is 0 Å². The fourth-order valence-electron chi connectivity index (χ4n) is 0.201. The molecule has 0 amide bonds. The maximum Gasteiger partial charge on any atom is 0.309 e. The number of hydrogen-bond acceptors (Lipinski definition) is 1. The zero-order valence-electron chi connectivity index (χ0n) is 3.86. The zero-order valence-corrected chi connectivity index (χ0v) is 4.75. The summed E-state index contributed by atoms with van der Waals surface area (Å²) in [6, 6.07) is 0. The van der Waals surface area contributed by atoms with Crippen molar-refractivity contribution >= 4 is 12.6 Å². The van der Waals surface area contributed by atoms with Crippen LogP contribution in [0.3, 0.4) is 0 Å². The quantitative estimate of drug-likeness (QED) is 0.401. The predicted molar refractivity (Wildman–Crippen MR) is 28.7 cm³/mol. The minimum Gasteiger partial charge on any atom is -0.190 e. The minimum absolute atomic E-state index is 0.718.